The number of amides is 1. The van der Waals surface area contributed by atoms with Gasteiger partial charge in [0, 0.05) is 29.7 Å². The van der Waals surface area contributed by atoms with Crippen LogP contribution in [0.4, 0.5) is 24.5 Å². The molecule has 3 aromatic rings. The van der Waals surface area contributed by atoms with Gasteiger partial charge in [0.2, 0.25) is 5.91 Å². The topological polar surface area (TPSA) is 63.2 Å². The van der Waals surface area contributed by atoms with Crippen molar-refractivity contribution in [2.24, 2.45) is 0 Å². The molecule has 0 aliphatic rings. The van der Waals surface area contributed by atoms with Gasteiger partial charge in [-0.15, -0.1) is 0 Å². The fourth-order valence-electron chi connectivity index (χ4n) is 2.44. The number of aromatic nitrogens is 1. The maximum absolute atomic E-state index is 14.1. The zero-order valence-electron chi connectivity index (χ0n) is 15.1. The Kier molecular flexibility index (Phi) is 6.23. The van der Waals surface area contributed by atoms with Gasteiger partial charge in [0.15, 0.2) is 17.5 Å². The standard InChI is InChI=1S/C20H15ClF3N3O2/c1-11-16(21)18(23)19(24)20(17(11)22)27-15(28)10-26-12-3-2-4-14(9-12)29-13-5-7-25-8-6-13/h2-9,26H,10H2,1H3,(H,27,28). The van der Waals surface area contributed by atoms with E-state index in [2.05, 4.69) is 10.3 Å². The first-order valence-electron chi connectivity index (χ1n) is 8.41. The lowest BCUT2D eigenvalue weighted by molar-refractivity contribution is -0.114. The van der Waals surface area contributed by atoms with Crippen LogP contribution >= 0.6 is 11.6 Å². The van der Waals surface area contributed by atoms with Crippen LogP contribution < -0.4 is 15.4 Å². The van der Waals surface area contributed by atoms with E-state index in [1.54, 1.807) is 48.8 Å². The Hall–Kier alpha value is -3.26. The molecule has 2 N–H and O–H groups in total. The van der Waals surface area contributed by atoms with Crippen molar-refractivity contribution in [3.05, 3.63) is 76.8 Å². The zero-order valence-corrected chi connectivity index (χ0v) is 15.9. The van der Waals surface area contributed by atoms with Crippen molar-refractivity contribution < 1.29 is 22.7 Å². The van der Waals surface area contributed by atoms with Crippen LogP contribution in [0, 0.1) is 24.4 Å². The van der Waals surface area contributed by atoms with E-state index < -0.39 is 34.1 Å². The number of carbonyl (C=O) groups is 1. The highest BCUT2D eigenvalue weighted by atomic mass is 35.5. The zero-order chi connectivity index (χ0) is 21.0. The minimum atomic E-state index is -1.56. The minimum Gasteiger partial charge on any atom is -0.457 e. The van der Waals surface area contributed by atoms with Crippen molar-refractivity contribution >= 4 is 28.9 Å². The van der Waals surface area contributed by atoms with Crippen LogP contribution in [0.1, 0.15) is 5.56 Å². The molecule has 0 fully saturated rings. The van der Waals surface area contributed by atoms with Crippen molar-refractivity contribution in [1.82, 2.24) is 4.98 Å². The van der Waals surface area contributed by atoms with Crippen molar-refractivity contribution in [2.75, 3.05) is 17.2 Å². The molecule has 0 saturated heterocycles. The lowest BCUT2D eigenvalue weighted by atomic mass is 10.2. The lowest BCUT2D eigenvalue weighted by Crippen LogP contribution is -2.23. The number of hydrogen-bond donors (Lipinski definition) is 2. The van der Waals surface area contributed by atoms with E-state index in [1.807, 2.05) is 5.32 Å². The van der Waals surface area contributed by atoms with Crippen LogP contribution in [0.2, 0.25) is 5.02 Å². The fourth-order valence-corrected chi connectivity index (χ4v) is 2.60. The number of nitrogens with zero attached hydrogens (tertiary/aromatic N) is 1. The Labute approximate surface area is 169 Å². The van der Waals surface area contributed by atoms with Gasteiger partial charge in [-0.25, -0.2) is 13.2 Å². The van der Waals surface area contributed by atoms with Gasteiger partial charge in [-0.1, -0.05) is 17.7 Å². The smallest absolute Gasteiger partial charge is 0.243 e. The molecule has 0 spiro atoms. The highest BCUT2D eigenvalue weighted by Crippen LogP contribution is 2.31. The summed E-state index contributed by atoms with van der Waals surface area (Å²) in [6, 6.07) is 10.1. The number of anilines is 2. The normalized spacial score (nSPS) is 10.5. The largest absolute Gasteiger partial charge is 0.457 e. The van der Waals surface area contributed by atoms with Crippen LogP contribution in [-0.2, 0) is 4.79 Å². The summed E-state index contributed by atoms with van der Waals surface area (Å²) < 4.78 is 47.4. The van der Waals surface area contributed by atoms with E-state index in [9.17, 15) is 18.0 Å². The van der Waals surface area contributed by atoms with Crippen LogP contribution in [0.15, 0.2) is 48.8 Å². The van der Waals surface area contributed by atoms with E-state index in [0.29, 0.717) is 17.2 Å². The third kappa shape index (κ3) is 4.78. The summed E-state index contributed by atoms with van der Waals surface area (Å²) in [4.78, 5) is 16.0. The molecule has 0 radical (unpaired) electrons. The van der Waals surface area contributed by atoms with Crippen molar-refractivity contribution in [3.63, 3.8) is 0 Å². The molecule has 0 unspecified atom stereocenters. The van der Waals surface area contributed by atoms with Crippen LogP contribution in [0.3, 0.4) is 0 Å². The number of nitrogens with one attached hydrogen (secondary N) is 2. The summed E-state index contributed by atoms with van der Waals surface area (Å²) in [5, 5.41) is 4.16. The number of halogens is 4. The average molecular weight is 422 g/mol. The number of benzene rings is 2. The molecule has 0 aliphatic carbocycles. The van der Waals surface area contributed by atoms with Gasteiger partial charge >= 0.3 is 0 Å². The summed E-state index contributed by atoms with van der Waals surface area (Å²) >= 11 is 5.52. The van der Waals surface area contributed by atoms with Crippen LogP contribution in [-0.4, -0.2) is 17.4 Å². The Balaban J connectivity index is 1.65. The fraction of sp³-hybridized carbons (Fsp3) is 0.100. The Morgan fingerprint density at radius 3 is 2.52 bits per heavy atom. The van der Waals surface area contributed by atoms with E-state index in [0.717, 1.165) is 0 Å². The van der Waals surface area contributed by atoms with Crippen molar-refractivity contribution in [2.45, 2.75) is 6.92 Å². The molecule has 1 heterocycles. The first-order valence-corrected chi connectivity index (χ1v) is 8.79. The van der Waals surface area contributed by atoms with Gasteiger partial charge < -0.3 is 15.4 Å². The number of pyridine rings is 1. The van der Waals surface area contributed by atoms with Gasteiger partial charge in [0.1, 0.15) is 17.2 Å². The highest BCUT2D eigenvalue weighted by Gasteiger charge is 2.23. The van der Waals surface area contributed by atoms with Gasteiger partial charge in [-0.2, -0.15) is 0 Å². The highest BCUT2D eigenvalue weighted by molar-refractivity contribution is 6.31. The Morgan fingerprint density at radius 2 is 1.79 bits per heavy atom. The van der Waals surface area contributed by atoms with E-state index in [1.165, 1.54) is 6.92 Å². The van der Waals surface area contributed by atoms with E-state index in [-0.39, 0.29) is 12.1 Å². The number of ether oxygens (including phenoxy) is 1. The molecule has 150 valence electrons. The van der Waals surface area contributed by atoms with Crippen molar-refractivity contribution in [3.8, 4) is 11.5 Å². The minimum absolute atomic E-state index is 0.296. The first kappa shape index (κ1) is 20.5. The van der Waals surface area contributed by atoms with E-state index >= 15 is 0 Å². The van der Waals surface area contributed by atoms with Gasteiger partial charge in [-0.05, 0) is 31.2 Å². The first-order chi connectivity index (χ1) is 13.9. The van der Waals surface area contributed by atoms with Crippen molar-refractivity contribution in [1.29, 1.82) is 0 Å². The molecule has 0 bridgehead atoms. The number of hydrogen-bond acceptors (Lipinski definition) is 4. The monoisotopic (exact) mass is 421 g/mol. The molecule has 0 saturated carbocycles. The van der Waals surface area contributed by atoms with Gasteiger partial charge in [0.05, 0.1) is 11.6 Å². The summed E-state index contributed by atoms with van der Waals surface area (Å²) in [5.41, 5.74) is -0.646. The second kappa shape index (κ2) is 8.83. The second-order valence-corrected chi connectivity index (χ2v) is 6.35. The molecule has 1 aromatic heterocycles. The summed E-state index contributed by atoms with van der Waals surface area (Å²) in [5.74, 6) is -3.79. The molecule has 1 amide bonds. The summed E-state index contributed by atoms with van der Waals surface area (Å²) in [6.45, 7) is 0.864. The predicted molar refractivity (Wildman–Crippen MR) is 104 cm³/mol. The van der Waals surface area contributed by atoms with E-state index in [4.69, 9.17) is 16.3 Å². The Bertz CT molecular complexity index is 1020. The van der Waals surface area contributed by atoms with Crippen LogP contribution in [0.25, 0.3) is 0 Å². The van der Waals surface area contributed by atoms with Gasteiger partial charge in [0.25, 0.3) is 0 Å². The second-order valence-electron chi connectivity index (χ2n) is 5.97. The molecular formula is C20H15ClF3N3O2. The number of carbonyl (C=O) groups excluding carboxylic acids is 1. The predicted octanol–water partition coefficient (Wildman–Crippen LogP) is 5.30. The molecule has 5 nitrogen and oxygen atoms in total. The summed E-state index contributed by atoms with van der Waals surface area (Å²) in [6.07, 6.45) is 3.17. The SMILES string of the molecule is Cc1c(F)c(NC(=O)CNc2cccc(Oc3ccncc3)c2)c(F)c(F)c1Cl. The molecule has 29 heavy (non-hydrogen) atoms. The Morgan fingerprint density at radius 1 is 1.07 bits per heavy atom. The molecular weight excluding hydrogens is 407 g/mol. The van der Waals surface area contributed by atoms with Gasteiger partial charge in [-0.3, -0.25) is 9.78 Å². The molecule has 0 aliphatic heterocycles. The maximum Gasteiger partial charge on any atom is 0.243 e. The summed E-state index contributed by atoms with van der Waals surface area (Å²) in [7, 11) is 0. The third-order valence-corrected chi connectivity index (χ3v) is 4.37. The molecule has 0 atom stereocenters. The lowest BCUT2D eigenvalue weighted by Gasteiger charge is -2.13. The van der Waals surface area contributed by atoms with Crippen LogP contribution in [0.5, 0.6) is 11.5 Å². The number of rotatable bonds is 6. The third-order valence-electron chi connectivity index (χ3n) is 3.92. The maximum atomic E-state index is 14.1. The molecule has 2 aromatic carbocycles. The average Bonchev–Trinajstić information content (AvgIpc) is 2.73. The quantitative estimate of drug-likeness (QED) is 0.418. The molecule has 9 heteroatoms. The molecule has 3 rings (SSSR count).